The Morgan fingerprint density at radius 2 is 2.12 bits per heavy atom. The number of likely N-dealkylation sites (tertiary alicyclic amines) is 1. The molecular formula is C16H17N5O3. The van der Waals surface area contributed by atoms with Crippen molar-refractivity contribution in [2.24, 2.45) is 0 Å². The van der Waals surface area contributed by atoms with E-state index in [4.69, 9.17) is 4.74 Å². The number of hydrogen-bond acceptors (Lipinski definition) is 6. The normalized spacial score (nSPS) is 16.7. The molecule has 1 atom stereocenters. The second-order valence-corrected chi connectivity index (χ2v) is 5.37. The largest absolute Gasteiger partial charge is 0.481 e. The number of aromatic nitrogens is 3. The minimum atomic E-state index is -0.312. The van der Waals surface area contributed by atoms with Gasteiger partial charge < -0.3 is 15.0 Å². The third-order valence-electron chi connectivity index (χ3n) is 3.78. The fourth-order valence-electron chi connectivity index (χ4n) is 2.55. The second kappa shape index (κ2) is 7.03. The van der Waals surface area contributed by atoms with E-state index in [0.29, 0.717) is 31.1 Å². The molecule has 1 saturated heterocycles. The van der Waals surface area contributed by atoms with Crippen LogP contribution in [0.25, 0.3) is 0 Å². The number of amides is 2. The summed E-state index contributed by atoms with van der Waals surface area (Å²) in [7, 11) is 1.47. The molecule has 0 bridgehead atoms. The van der Waals surface area contributed by atoms with Crippen LogP contribution in [0.2, 0.25) is 0 Å². The maximum absolute atomic E-state index is 12.3. The van der Waals surface area contributed by atoms with Crippen LogP contribution in [0, 0.1) is 0 Å². The number of ether oxygens (including phenoxy) is 1. The van der Waals surface area contributed by atoms with Crippen LogP contribution >= 0.6 is 0 Å². The Kier molecular flexibility index (Phi) is 4.64. The molecule has 1 unspecified atom stereocenters. The molecule has 0 saturated carbocycles. The van der Waals surface area contributed by atoms with E-state index in [2.05, 4.69) is 20.3 Å². The maximum Gasteiger partial charge on any atom is 0.272 e. The monoisotopic (exact) mass is 327 g/mol. The summed E-state index contributed by atoms with van der Waals surface area (Å²) in [5.74, 6) is -0.114. The van der Waals surface area contributed by atoms with Gasteiger partial charge in [-0.15, -0.1) is 0 Å². The highest BCUT2D eigenvalue weighted by Crippen LogP contribution is 2.13. The number of methoxy groups -OCH3 is 1. The smallest absolute Gasteiger partial charge is 0.272 e. The SMILES string of the molecule is COc1cc(C(=O)NC2CCN(C(=O)c3ccccn3)C2)ncn1. The van der Waals surface area contributed by atoms with Crippen LogP contribution in [-0.4, -0.2) is 57.9 Å². The standard InChI is InChI=1S/C16H17N5O3/c1-24-14-8-13(18-10-19-14)15(22)20-11-5-7-21(9-11)16(23)12-4-2-3-6-17-12/h2-4,6,8,10-11H,5,7,9H2,1H3,(H,20,22). The third kappa shape index (κ3) is 3.48. The van der Waals surface area contributed by atoms with Crippen LogP contribution in [0.1, 0.15) is 27.4 Å². The van der Waals surface area contributed by atoms with E-state index in [1.165, 1.54) is 19.5 Å². The first kappa shape index (κ1) is 15.9. The highest BCUT2D eigenvalue weighted by atomic mass is 16.5. The summed E-state index contributed by atoms with van der Waals surface area (Å²) in [6, 6.07) is 6.58. The lowest BCUT2D eigenvalue weighted by Crippen LogP contribution is -2.39. The molecule has 0 aliphatic carbocycles. The minimum Gasteiger partial charge on any atom is -0.481 e. The quantitative estimate of drug-likeness (QED) is 0.879. The topological polar surface area (TPSA) is 97.3 Å². The number of carbonyl (C=O) groups excluding carboxylic acids is 2. The van der Waals surface area contributed by atoms with Crippen LogP contribution in [-0.2, 0) is 0 Å². The maximum atomic E-state index is 12.3. The van der Waals surface area contributed by atoms with E-state index in [9.17, 15) is 9.59 Å². The molecule has 1 N–H and O–H groups in total. The first-order valence-corrected chi connectivity index (χ1v) is 7.54. The van der Waals surface area contributed by atoms with Gasteiger partial charge in [-0.3, -0.25) is 14.6 Å². The zero-order valence-electron chi connectivity index (χ0n) is 13.2. The summed E-state index contributed by atoms with van der Waals surface area (Å²) in [5.41, 5.74) is 0.640. The molecule has 1 aliphatic heterocycles. The van der Waals surface area contributed by atoms with Gasteiger partial charge in [-0.1, -0.05) is 6.07 Å². The Morgan fingerprint density at radius 1 is 1.25 bits per heavy atom. The Hall–Kier alpha value is -3.03. The zero-order chi connectivity index (χ0) is 16.9. The fourth-order valence-corrected chi connectivity index (χ4v) is 2.55. The lowest BCUT2D eigenvalue weighted by molar-refractivity contribution is 0.0777. The molecule has 8 nitrogen and oxygen atoms in total. The van der Waals surface area contributed by atoms with Gasteiger partial charge in [0.1, 0.15) is 17.7 Å². The molecule has 2 amide bonds. The van der Waals surface area contributed by atoms with Gasteiger partial charge in [-0.2, -0.15) is 0 Å². The predicted molar refractivity (Wildman–Crippen MR) is 84.6 cm³/mol. The van der Waals surface area contributed by atoms with Crippen molar-refractivity contribution in [1.82, 2.24) is 25.2 Å². The van der Waals surface area contributed by atoms with Gasteiger partial charge in [-0.05, 0) is 18.6 Å². The van der Waals surface area contributed by atoms with Gasteiger partial charge in [0, 0.05) is 31.4 Å². The van der Waals surface area contributed by atoms with Crippen molar-refractivity contribution >= 4 is 11.8 Å². The van der Waals surface area contributed by atoms with Crippen molar-refractivity contribution in [2.75, 3.05) is 20.2 Å². The number of nitrogens with one attached hydrogen (secondary N) is 1. The van der Waals surface area contributed by atoms with E-state index >= 15 is 0 Å². The summed E-state index contributed by atoms with van der Waals surface area (Å²) in [5, 5.41) is 2.88. The fraction of sp³-hybridized carbons (Fsp3) is 0.312. The van der Waals surface area contributed by atoms with E-state index in [0.717, 1.165) is 0 Å². The molecule has 3 heterocycles. The lowest BCUT2D eigenvalue weighted by Gasteiger charge is -2.16. The number of pyridine rings is 1. The molecule has 0 spiro atoms. The molecule has 24 heavy (non-hydrogen) atoms. The summed E-state index contributed by atoms with van der Waals surface area (Å²) in [6.45, 7) is 1.02. The van der Waals surface area contributed by atoms with Crippen molar-refractivity contribution in [2.45, 2.75) is 12.5 Å². The molecule has 8 heteroatoms. The van der Waals surface area contributed by atoms with Gasteiger partial charge in [0.05, 0.1) is 7.11 Å². The molecule has 2 aromatic rings. The van der Waals surface area contributed by atoms with Crippen molar-refractivity contribution in [3.8, 4) is 5.88 Å². The molecule has 1 aliphatic rings. The molecule has 124 valence electrons. The van der Waals surface area contributed by atoms with Gasteiger partial charge >= 0.3 is 0 Å². The van der Waals surface area contributed by atoms with Crippen LogP contribution in [0.15, 0.2) is 36.8 Å². The molecule has 1 fully saturated rings. The summed E-state index contributed by atoms with van der Waals surface area (Å²) < 4.78 is 4.98. The van der Waals surface area contributed by atoms with E-state index in [1.54, 1.807) is 29.3 Å². The van der Waals surface area contributed by atoms with E-state index in [1.807, 2.05) is 0 Å². The van der Waals surface area contributed by atoms with Gasteiger partial charge in [0.15, 0.2) is 0 Å². The Morgan fingerprint density at radius 3 is 2.88 bits per heavy atom. The zero-order valence-corrected chi connectivity index (χ0v) is 13.2. The van der Waals surface area contributed by atoms with Crippen LogP contribution in [0.5, 0.6) is 5.88 Å². The number of hydrogen-bond donors (Lipinski definition) is 1. The number of rotatable bonds is 4. The first-order valence-electron chi connectivity index (χ1n) is 7.54. The van der Waals surface area contributed by atoms with Crippen molar-refractivity contribution in [1.29, 1.82) is 0 Å². The highest BCUT2D eigenvalue weighted by molar-refractivity contribution is 5.94. The molecule has 0 radical (unpaired) electrons. The minimum absolute atomic E-state index is 0.119. The summed E-state index contributed by atoms with van der Waals surface area (Å²) in [6.07, 6.45) is 3.55. The van der Waals surface area contributed by atoms with Gasteiger partial charge in [-0.25, -0.2) is 9.97 Å². The van der Waals surface area contributed by atoms with E-state index < -0.39 is 0 Å². The van der Waals surface area contributed by atoms with Crippen LogP contribution in [0.3, 0.4) is 0 Å². The van der Waals surface area contributed by atoms with Crippen molar-refractivity contribution in [3.63, 3.8) is 0 Å². The first-order chi connectivity index (χ1) is 11.7. The Balaban J connectivity index is 1.60. The predicted octanol–water partition coefficient (Wildman–Crippen LogP) is 0.525. The average Bonchev–Trinajstić information content (AvgIpc) is 3.10. The van der Waals surface area contributed by atoms with Crippen molar-refractivity contribution in [3.05, 3.63) is 48.2 Å². The molecule has 0 aromatic carbocycles. The van der Waals surface area contributed by atoms with Crippen LogP contribution < -0.4 is 10.1 Å². The lowest BCUT2D eigenvalue weighted by atomic mass is 10.2. The Labute approximate surface area is 138 Å². The van der Waals surface area contributed by atoms with E-state index in [-0.39, 0.29) is 23.6 Å². The number of carbonyl (C=O) groups is 2. The highest BCUT2D eigenvalue weighted by Gasteiger charge is 2.29. The second-order valence-electron chi connectivity index (χ2n) is 5.37. The molecule has 3 rings (SSSR count). The molecule has 2 aromatic heterocycles. The Bertz CT molecular complexity index is 738. The number of nitrogens with zero attached hydrogens (tertiary/aromatic N) is 4. The van der Waals surface area contributed by atoms with Gasteiger partial charge in [0.2, 0.25) is 5.88 Å². The summed E-state index contributed by atoms with van der Waals surface area (Å²) >= 11 is 0. The molecular weight excluding hydrogens is 310 g/mol. The third-order valence-corrected chi connectivity index (χ3v) is 3.78. The van der Waals surface area contributed by atoms with Crippen LogP contribution in [0.4, 0.5) is 0 Å². The van der Waals surface area contributed by atoms with Crippen molar-refractivity contribution < 1.29 is 14.3 Å². The summed E-state index contributed by atoms with van der Waals surface area (Å²) in [4.78, 5) is 38.1. The van der Waals surface area contributed by atoms with Gasteiger partial charge in [0.25, 0.3) is 11.8 Å². The average molecular weight is 327 g/mol.